The van der Waals surface area contributed by atoms with Crippen LogP contribution >= 0.6 is 0 Å². The van der Waals surface area contributed by atoms with Gasteiger partial charge in [-0.2, -0.15) is 0 Å². The summed E-state index contributed by atoms with van der Waals surface area (Å²) in [7, 11) is 4.06. The van der Waals surface area contributed by atoms with E-state index < -0.39 is 11.2 Å². The van der Waals surface area contributed by atoms with Gasteiger partial charge in [0.1, 0.15) is 5.82 Å². The van der Waals surface area contributed by atoms with E-state index >= 15 is 0 Å². The molecule has 35 heavy (non-hydrogen) atoms. The fraction of sp³-hybridized carbons (Fsp3) is 0.538. The van der Waals surface area contributed by atoms with Gasteiger partial charge >= 0.3 is 5.69 Å². The van der Waals surface area contributed by atoms with Gasteiger partial charge in [0.15, 0.2) is 11.2 Å². The SMILES string of the molecule is CCCCn1c(=O)[nH]c(=O)c2c1nc(CCC(=O)NCc1ccc(CN(C)C)cc1)n2CC(C)C. The first-order valence-corrected chi connectivity index (χ1v) is 12.4. The van der Waals surface area contributed by atoms with Crippen LogP contribution in [0.25, 0.3) is 11.2 Å². The number of carbonyl (C=O) groups excluding carboxylic acids is 1. The molecule has 0 bridgehead atoms. The number of unbranched alkanes of at least 4 members (excludes halogenated alkanes) is 1. The first-order chi connectivity index (χ1) is 16.7. The van der Waals surface area contributed by atoms with Gasteiger partial charge in [-0.3, -0.25) is 19.1 Å². The zero-order valence-corrected chi connectivity index (χ0v) is 21.6. The van der Waals surface area contributed by atoms with Crippen LogP contribution in [0, 0.1) is 5.92 Å². The van der Waals surface area contributed by atoms with Crippen LogP contribution in [-0.2, 0) is 37.4 Å². The van der Waals surface area contributed by atoms with Crippen LogP contribution in [-0.4, -0.2) is 44.0 Å². The van der Waals surface area contributed by atoms with Crippen LogP contribution in [0.15, 0.2) is 33.9 Å². The van der Waals surface area contributed by atoms with E-state index in [0.29, 0.717) is 43.0 Å². The molecule has 2 heterocycles. The number of fused-ring (bicyclic) bond motifs is 1. The molecule has 0 saturated heterocycles. The van der Waals surface area contributed by atoms with E-state index in [1.807, 2.05) is 37.7 Å². The number of nitrogens with zero attached hydrogens (tertiary/aromatic N) is 4. The van der Waals surface area contributed by atoms with Gasteiger partial charge in [-0.25, -0.2) is 9.78 Å². The number of amides is 1. The molecule has 0 radical (unpaired) electrons. The average molecular weight is 483 g/mol. The Bertz CT molecular complexity index is 1250. The Kier molecular flexibility index (Phi) is 9.03. The van der Waals surface area contributed by atoms with E-state index in [9.17, 15) is 14.4 Å². The lowest BCUT2D eigenvalue weighted by molar-refractivity contribution is -0.121. The third-order valence-corrected chi connectivity index (χ3v) is 5.83. The van der Waals surface area contributed by atoms with Crippen LogP contribution in [0.1, 0.15) is 57.0 Å². The minimum Gasteiger partial charge on any atom is -0.352 e. The predicted octanol–water partition coefficient (Wildman–Crippen LogP) is 2.65. The van der Waals surface area contributed by atoms with Crippen molar-refractivity contribution in [3.05, 3.63) is 62.1 Å². The number of hydrogen-bond acceptors (Lipinski definition) is 5. The zero-order chi connectivity index (χ0) is 25.5. The third-order valence-electron chi connectivity index (χ3n) is 5.83. The highest BCUT2D eigenvalue weighted by Crippen LogP contribution is 2.16. The number of hydrogen-bond donors (Lipinski definition) is 2. The number of aromatic nitrogens is 4. The van der Waals surface area contributed by atoms with E-state index in [-0.39, 0.29) is 18.2 Å². The van der Waals surface area contributed by atoms with Crippen molar-refractivity contribution in [3.63, 3.8) is 0 Å². The maximum Gasteiger partial charge on any atom is 0.330 e. The summed E-state index contributed by atoms with van der Waals surface area (Å²) >= 11 is 0. The van der Waals surface area contributed by atoms with Gasteiger partial charge in [-0.1, -0.05) is 51.5 Å². The van der Waals surface area contributed by atoms with Gasteiger partial charge in [-0.15, -0.1) is 0 Å². The Hall–Kier alpha value is -3.20. The molecule has 0 aliphatic carbocycles. The molecule has 0 aliphatic rings. The smallest absolute Gasteiger partial charge is 0.330 e. The second-order valence-corrected chi connectivity index (χ2v) is 9.80. The van der Waals surface area contributed by atoms with E-state index in [2.05, 4.69) is 46.2 Å². The lowest BCUT2D eigenvalue weighted by Gasteiger charge is -2.12. The van der Waals surface area contributed by atoms with Crippen molar-refractivity contribution < 1.29 is 4.79 Å². The number of benzene rings is 1. The van der Waals surface area contributed by atoms with Gasteiger partial charge in [-0.05, 0) is 37.6 Å². The second kappa shape index (κ2) is 12.0. The Labute approximate surface area is 206 Å². The van der Waals surface area contributed by atoms with Crippen molar-refractivity contribution >= 4 is 17.1 Å². The highest BCUT2D eigenvalue weighted by Gasteiger charge is 2.19. The van der Waals surface area contributed by atoms with Gasteiger partial charge in [0, 0.05) is 39.0 Å². The summed E-state index contributed by atoms with van der Waals surface area (Å²) in [4.78, 5) is 47.0. The normalized spacial score (nSPS) is 11.6. The summed E-state index contributed by atoms with van der Waals surface area (Å²) in [6.45, 7) is 8.59. The monoisotopic (exact) mass is 482 g/mol. The molecule has 190 valence electrons. The summed E-state index contributed by atoms with van der Waals surface area (Å²) in [5.41, 5.74) is 2.20. The Morgan fingerprint density at radius 2 is 1.80 bits per heavy atom. The molecular weight excluding hydrogens is 444 g/mol. The van der Waals surface area contributed by atoms with E-state index in [0.717, 1.165) is 24.9 Å². The third kappa shape index (κ3) is 6.91. The predicted molar refractivity (Wildman–Crippen MR) is 138 cm³/mol. The van der Waals surface area contributed by atoms with Crippen molar-refractivity contribution in [1.82, 2.24) is 29.3 Å². The fourth-order valence-electron chi connectivity index (χ4n) is 4.14. The number of aromatic amines is 1. The number of imidazole rings is 1. The van der Waals surface area contributed by atoms with Crippen molar-refractivity contribution in [2.75, 3.05) is 14.1 Å². The van der Waals surface area contributed by atoms with E-state index in [1.54, 1.807) is 4.57 Å². The summed E-state index contributed by atoms with van der Waals surface area (Å²) in [6, 6.07) is 8.21. The molecule has 0 aliphatic heterocycles. The standard InChI is InChI=1S/C26H38N6O3/c1-6-7-14-31-24-23(25(34)29-26(31)35)32(16-18(2)3)21(28-24)12-13-22(33)27-15-19-8-10-20(11-9-19)17-30(4)5/h8-11,18H,6-7,12-17H2,1-5H3,(H,27,33)(H,29,34,35). The summed E-state index contributed by atoms with van der Waals surface area (Å²) in [5, 5.41) is 2.97. The molecule has 9 heteroatoms. The number of H-pyrrole nitrogens is 1. The molecular formula is C26H38N6O3. The number of nitrogens with one attached hydrogen (secondary N) is 2. The maximum absolute atomic E-state index is 12.7. The topological polar surface area (TPSA) is 105 Å². The van der Waals surface area contributed by atoms with Crippen LogP contribution in [0.4, 0.5) is 0 Å². The molecule has 0 spiro atoms. The quantitative estimate of drug-likeness (QED) is 0.413. The zero-order valence-electron chi connectivity index (χ0n) is 21.6. The summed E-state index contributed by atoms with van der Waals surface area (Å²) in [5.74, 6) is 0.840. The highest BCUT2D eigenvalue weighted by molar-refractivity contribution is 5.76. The minimum atomic E-state index is -0.439. The molecule has 1 aromatic carbocycles. The van der Waals surface area contributed by atoms with E-state index in [1.165, 1.54) is 5.56 Å². The first-order valence-electron chi connectivity index (χ1n) is 12.4. The van der Waals surface area contributed by atoms with Crippen LogP contribution in [0.5, 0.6) is 0 Å². The second-order valence-electron chi connectivity index (χ2n) is 9.80. The van der Waals surface area contributed by atoms with Crippen molar-refractivity contribution in [2.24, 2.45) is 5.92 Å². The molecule has 2 aromatic heterocycles. The molecule has 0 unspecified atom stereocenters. The lowest BCUT2D eigenvalue weighted by Crippen LogP contribution is -2.31. The Morgan fingerprint density at radius 3 is 2.43 bits per heavy atom. The van der Waals surface area contributed by atoms with Gasteiger partial charge in [0.25, 0.3) is 5.56 Å². The summed E-state index contributed by atoms with van der Waals surface area (Å²) < 4.78 is 3.41. The number of rotatable bonds is 12. The first kappa shape index (κ1) is 26.4. The van der Waals surface area contributed by atoms with Gasteiger partial charge in [0.05, 0.1) is 0 Å². The van der Waals surface area contributed by atoms with Crippen molar-refractivity contribution in [2.45, 2.75) is 72.6 Å². The highest BCUT2D eigenvalue weighted by atomic mass is 16.2. The number of aryl methyl sites for hydroxylation is 2. The van der Waals surface area contributed by atoms with E-state index in [4.69, 9.17) is 0 Å². The molecule has 1 amide bonds. The molecule has 2 N–H and O–H groups in total. The minimum absolute atomic E-state index is 0.0807. The summed E-state index contributed by atoms with van der Waals surface area (Å²) in [6.07, 6.45) is 2.37. The van der Waals surface area contributed by atoms with Gasteiger partial charge in [0.2, 0.25) is 5.91 Å². The molecule has 3 rings (SSSR count). The molecule has 0 saturated carbocycles. The Balaban J connectivity index is 1.75. The number of carbonyl (C=O) groups is 1. The molecule has 9 nitrogen and oxygen atoms in total. The maximum atomic E-state index is 12.7. The van der Waals surface area contributed by atoms with Crippen LogP contribution in [0.3, 0.4) is 0 Å². The molecule has 0 fully saturated rings. The molecule has 3 aromatic rings. The Morgan fingerprint density at radius 1 is 1.11 bits per heavy atom. The average Bonchev–Trinajstić information content (AvgIpc) is 3.14. The van der Waals surface area contributed by atoms with Crippen molar-refractivity contribution in [3.8, 4) is 0 Å². The largest absolute Gasteiger partial charge is 0.352 e. The van der Waals surface area contributed by atoms with Crippen LogP contribution in [0.2, 0.25) is 0 Å². The van der Waals surface area contributed by atoms with Crippen molar-refractivity contribution in [1.29, 1.82) is 0 Å². The molecule has 0 atom stereocenters. The van der Waals surface area contributed by atoms with Crippen LogP contribution < -0.4 is 16.6 Å². The fourth-order valence-corrected chi connectivity index (χ4v) is 4.14. The lowest BCUT2D eigenvalue weighted by atomic mass is 10.1. The van der Waals surface area contributed by atoms with Gasteiger partial charge < -0.3 is 14.8 Å².